The number of hydrogen-bond donors (Lipinski definition) is 3. The predicted molar refractivity (Wildman–Crippen MR) is 89.7 cm³/mol. The van der Waals surface area contributed by atoms with Gasteiger partial charge in [0.15, 0.2) is 0 Å². The van der Waals surface area contributed by atoms with E-state index in [9.17, 15) is 14.7 Å². The van der Waals surface area contributed by atoms with Gasteiger partial charge in [0.05, 0.1) is 11.0 Å². The van der Waals surface area contributed by atoms with Crippen molar-refractivity contribution < 1.29 is 14.7 Å². The standard InChI is InChI=1S/C18H17N3O3/c22-17(12-6-2-1-3-7-12)21-15(18(23)24)10-11-16-19-13-8-4-5-9-14(13)20-16/h1-9,15H,10-11H2,(H,19,20)(H,21,22)(H,23,24)/t15-/m1/s1. The van der Waals surface area contributed by atoms with Gasteiger partial charge in [0.2, 0.25) is 0 Å². The Kier molecular flexibility index (Phi) is 4.56. The first-order valence-electron chi connectivity index (χ1n) is 7.66. The van der Waals surface area contributed by atoms with Crippen LogP contribution in [0.5, 0.6) is 0 Å². The molecule has 0 saturated carbocycles. The summed E-state index contributed by atoms with van der Waals surface area (Å²) in [5, 5.41) is 11.9. The van der Waals surface area contributed by atoms with E-state index < -0.39 is 17.9 Å². The first-order valence-corrected chi connectivity index (χ1v) is 7.66. The van der Waals surface area contributed by atoms with Crippen LogP contribution < -0.4 is 5.32 Å². The van der Waals surface area contributed by atoms with Crippen molar-refractivity contribution in [3.8, 4) is 0 Å². The van der Waals surface area contributed by atoms with Crippen molar-refractivity contribution in [2.75, 3.05) is 0 Å². The van der Waals surface area contributed by atoms with Crippen molar-refractivity contribution in [2.45, 2.75) is 18.9 Å². The zero-order valence-electron chi connectivity index (χ0n) is 12.9. The average Bonchev–Trinajstić information content (AvgIpc) is 3.01. The number of H-pyrrole nitrogens is 1. The quantitative estimate of drug-likeness (QED) is 0.649. The number of hydrogen-bond acceptors (Lipinski definition) is 3. The molecule has 1 heterocycles. The van der Waals surface area contributed by atoms with Crippen LogP contribution in [0.1, 0.15) is 22.6 Å². The van der Waals surface area contributed by atoms with Crippen LogP contribution in [-0.4, -0.2) is 33.0 Å². The smallest absolute Gasteiger partial charge is 0.326 e. The zero-order chi connectivity index (χ0) is 16.9. The molecule has 0 unspecified atom stereocenters. The summed E-state index contributed by atoms with van der Waals surface area (Å²) in [5.74, 6) is -0.751. The largest absolute Gasteiger partial charge is 0.480 e. The molecule has 24 heavy (non-hydrogen) atoms. The molecular formula is C18H17N3O3. The number of nitrogens with one attached hydrogen (secondary N) is 2. The number of carboxylic acid groups (broad SMARTS) is 1. The second-order valence-corrected chi connectivity index (χ2v) is 5.47. The fraction of sp³-hybridized carbons (Fsp3) is 0.167. The summed E-state index contributed by atoms with van der Waals surface area (Å²) in [6.07, 6.45) is 0.689. The number of aromatic amines is 1. The Labute approximate surface area is 138 Å². The molecule has 1 aromatic heterocycles. The minimum Gasteiger partial charge on any atom is -0.480 e. The first-order chi connectivity index (χ1) is 11.6. The summed E-state index contributed by atoms with van der Waals surface area (Å²) in [6.45, 7) is 0. The number of amides is 1. The van der Waals surface area contributed by atoms with Crippen LogP contribution in [0.3, 0.4) is 0 Å². The molecule has 3 aromatic rings. The summed E-state index contributed by atoms with van der Waals surface area (Å²) in [5.41, 5.74) is 2.19. The fourth-order valence-corrected chi connectivity index (χ4v) is 2.49. The molecule has 2 aromatic carbocycles. The lowest BCUT2D eigenvalue weighted by Crippen LogP contribution is -2.41. The molecule has 6 heteroatoms. The molecule has 0 aliphatic rings. The van der Waals surface area contributed by atoms with Gasteiger partial charge in [-0.2, -0.15) is 0 Å². The number of imidazole rings is 1. The van der Waals surface area contributed by atoms with Gasteiger partial charge in [-0.05, 0) is 30.7 Å². The SMILES string of the molecule is O=C(N[C@H](CCc1nc2ccccc2[nH]1)C(=O)O)c1ccccc1. The van der Waals surface area contributed by atoms with E-state index in [1.807, 2.05) is 24.3 Å². The summed E-state index contributed by atoms with van der Waals surface area (Å²) in [7, 11) is 0. The normalized spacial score (nSPS) is 12.0. The predicted octanol–water partition coefficient (Wildman–Crippen LogP) is 2.38. The number of benzene rings is 2. The Bertz CT molecular complexity index is 825. The van der Waals surface area contributed by atoms with Crippen LogP contribution in [0.2, 0.25) is 0 Å². The maximum Gasteiger partial charge on any atom is 0.326 e. The fourth-order valence-electron chi connectivity index (χ4n) is 2.49. The average molecular weight is 323 g/mol. The van der Waals surface area contributed by atoms with Crippen LogP contribution >= 0.6 is 0 Å². The van der Waals surface area contributed by atoms with Crippen molar-refractivity contribution >= 4 is 22.9 Å². The van der Waals surface area contributed by atoms with Gasteiger partial charge in [0, 0.05) is 12.0 Å². The van der Waals surface area contributed by atoms with Gasteiger partial charge in [0.25, 0.3) is 5.91 Å². The summed E-state index contributed by atoms with van der Waals surface area (Å²) >= 11 is 0. The molecule has 0 bridgehead atoms. The number of carbonyl (C=O) groups is 2. The number of carboxylic acids is 1. The molecule has 3 rings (SSSR count). The van der Waals surface area contributed by atoms with E-state index in [2.05, 4.69) is 15.3 Å². The van der Waals surface area contributed by atoms with E-state index in [1.165, 1.54) is 0 Å². The summed E-state index contributed by atoms with van der Waals surface area (Å²) in [4.78, 5) is 31.1. The van der Waals surface area contributed by atoms with Crippen molar-refractivity contribution in [1.29, 1.82) is 0 Å². The van der Waals surface area contributed by atoms with Crippen molar-refractivity contribution in [1.82, 2.24) is 15.3 Å². The highest BCUT2D eigenvalue weighted by atomic mass is 16.4. The van der Waals surface area contributed by atoms with Gasteiger partial charge in [-0.3, -0.25) is 4.79 Å². The van der Waals surface area contributed by atoms with Crippen molar-refractivity contribution in [2.24, 2.45) is 0 Å². The maximum atomic E-state index is 12.1. The van der Waals surface area contributed by atoms with E-state index in [1.54, 1.807) is 30.3 Å². The molecule has 0 aliphatic carbocycles. The minimum atomic E-state index is -1.06. The second-order valence-electron chi connectivity index (χ2n) is 5.47. The Morgan fingerprint density at radius 3 is 2.50 bits per heavy atom. The molecule has 3 N–H and O–H groups in total. The third kappa shape index (κ3) is 3.60. The highest BCUT2D eigenvalue weighted by Crippen LogP contribution is 2.12. The molecule has 0 aliphatic heterocycles. The number of rotatable bonds is 6. The minimum absolute atomic E-state index is 0.258. The topological polar surface area (TPSA) is 95.1 Å². The van der Waals surface area contributed by atoms with Gasteiger partial charge < -0.3 is 15.4 Å². The van der Waals surface area contributed by atoms with Gasteiger partial charge >= 0.3 is 5.97 Å². The number of nitrogens with zero attached hydrogens (tertiary/aromatic N) is 1. The maximum absolute atomic E-state index is 12.1. The molecular weight excluding hydrogens is 306 g/mol. The van der Waals surface area contributed by atoms with Crippen LogP contribution in [0, 0.1) is 0 Å². The molecule has 0 fully saturated rings. The number of aliphatic carboxylic acids is 1. The number of aromatic nitrogens is 2. The Hall–Kier alpha value is -3.15. The molecule has 122 valence electrons. The monoisotopic (exact) mass is 323 g/mol. The molecule has 1 amide bonds. The molecule has 0 saturated heterocycles. The lowest BCUT2D eigenvalue weighted by molar-refractivity contribution is -0.139. The molecule has 0 spiro atoms. The number of aryl methyl sites for hydroxylation is 1. The number of carbonyl (C=O) groups excluding carboxylic acids is 1. The highest BCUT2D eigenvalue weighted by Gasteiger charge is 2.21. The zero-order valence-corrected chi connectivity index (χ0v) is 12.9. The Morgan fingerprint density at radius 2 is 1.79 bits per heavy atom. The van der Waals surface area contributed by atoms with E-state index >= 15 is 0 Å². The van der Waals surface area contributed by atoms with Crippen LogP contribution in [0.15, 0.2) is 54.6 Å². The van der Waals surface area contributed by atoms with Crippen LogP contribution in [0.4, 0.5) is 0 Å². The Balaban J connectivity index is 1.65. The molecule has 0 radical (unpaired) electrons. The van der Waals surface area contributed by atoms with E-state index in [0.29, 0.717) is 17.8 Å². The van der Waals surface area contributed by atoms with Gasteiger partial charge in [-0.1, -0.05) is 30.3 Å². The summed E-state index contributed by atoms with van der Waals surface area (Å²) in [6, 6.07) is 15.2. The number of fused-ring (bicyclic) bond motifs is 1. The van der Waals surface area contributed by atoms with Gasteiger partial charge in [0.1, 0.15) is 11.9 Å². The third-order valence-electron chi connectivity index (χ3n) is 3.75. The second kappa shape index (κ2) is 6.95. The number of para-hydroxylation sites is 2. The van der Waals surface area contributed by atoms with Gasteiger partial charge in [-0.15, -0.1) is 0 Å². The first kappa shape index (κ1) is 15.7. The van der Waals surface area contributed by atoms with E-state index in [0.717, 1.165) is 11.0 Å². The van der Waals surface area contributed by atoms with Crippen LogP contribution in [-0.2, 0) is 11.2 Å². The van der Waals surface area contributed by atoms with Crippen molar-refractivity contribution in [3.63, 3.8) is 0 Å². The third-order valence-corrected chi connectivity index (χ3v) is 3.75. The molecule has 1 atom stereocenters. The van der Waals surface area contributed by atoms with E-state index in [-0.39, 0.29) is 6.42 Å². The summed E-state index contributed by atoms with van der Waals surface area (Å²) < 4.78 is 0. The Morgan fingerprint density at radius 1 is 1.08 bits per heavy atom. The highest BCUT2D eigenvalue weighted by molar-refractivity contribution is 5.96. The van der Waals surface area contributed by atoms with Crippen LogP contribution in [0.25, 0.3) is 11.0 Å². The molecule has 6 nitrogen and oxygen atoms in total. The lowest BCUT2D eigenvalue weighted by Gasteiger charge is -2.13. The van der Waals surface area contributed by atoms with E-state index in [4.69, 9.17) is 0 Å². The lowest BCUT2D eigenvalue weighted by atomic mass is 10.1. The van der Waals surface area contributed by atoms with Gasteiger partial charge in [-0.25, -0.2) is 9.78 Å². The van der Waals surface area contributed by atoms with Crippen molar-refractivity contribution in [3.05, 3.63) is 66.0 Å².